The zero-order valence-electron chi connectivity index (χ0n) is 16.5. The number of benzene rings is 2. The number of Topliss-reactive ketones (excluding diaryl/α,β-unsaturated/α-hetero) is 1. The molecule has 150 valence electrons. The predicted molar refractivity (Wildman–Crippen MR) is 118 cm³/mol. The van der Waals surface area contributed by atoms with Crippen molar-refractivity contribution in [3.8, 4) is 0 Å². The molecule has 0 radical (unpaired) electrons. The van der Waals surface area contributed by atoms with Crippen molar-refractivity contribution in [3.63, 3.8) is 0 Å². The molecule has 2 aromatic carbocycles. The van der Waals surface area contributed by atoms with E-state index in [1.165, 1.54) is 22.2 Å². The number of aryl methyl sites for hydroxylation is 1. The third-order valence-corrected chi connectivity index (χ3v) is 6.17. The lowest BCUT2D eigenvalue weighted by Crippen LogP contribution is -2.28. The number of rotatable bonds is 5. The number of thiophene rings is 1. The van der Waals surface area contributed by atoms with Crippen molar-refractivity contribution >= 4 is 38.9 Å². The van der Waals surface area contributed by atoms with Gasteiger partial charge in [-0.1, -0.05) is 48.5 Å². The van der Waals surface area contributed by atoms with Gasteiger partial charge in [0.05, 0.1) is 22.6 Å². The van der Waals surface area contributed by atoms with Gasteiger partial charge in [0.2, 0.25) is 0 Å². The van der Waals surface area contributed by atoms with Gasteiger partial charge < -0.3 is 5.32 Å². The number of ketones is 1. The Morgan fingerprint density at radius 1 is 1.03 bits per heavy atom. The normalized spacial score (nSPS) is 11.9. The van der Waals surface area contributed by atoms with Gasteiger partial charge >= 0.3 is 0 Å². The summed E-state index contributed by atoms with van der Waals surface area (Å²) in [5.74, 6) is -0.463. The van der Waals surface area contributed by atoms with Crippen molar-refractivity contribution in [2.24, 2.45) is 0 Å². The SMILES string of the molecule is Cc1c(C(=O)Nc2ccccc2)sc2ncn([C@@H](C)C(=O)c3ccccc3)c(=O)c12. The van der Waals surface area contributed by atoms with E-state index >= 15 is 0 Å². The van der Waals surface area contributed by atoms with Gasteiger partial charge in [-0.25, -0.2) is 4.98 Å². The second kappa shape index (κ2) is 8.04. The smallest absolute Gasteiger partial charge is 0.266 e. The Morgan fingerprint density at radius 2 is 1.67 bits per heavy atom. The number of anilines is 1. The van der Waals surface area contributed by atoms with Crippen LogP contribution in [0.3, 0.4) is 0 Å². The quantitative estimate of drug-likeness (QED) is 0.486. The summed E-state index contributed by atoms with van der Waals surface area (Å²) in [5, 5.41) is 3.21. The summed E-state index contributed by atoms with van der Waals surface area (Å²) in [6.45, 7) is 3.41. The van der Waals surface area contributed by atoms with Crippen LogP contribution >= 0.6 is 11.3 Å². The molecule has 0 aliphatic carbocycles. The van der Waals surface area contributed by atoms with Crippen LogP contribution in [0.5, 0.6) is 0 Å². The lowest BCUT2D eigenvalue weighted by Gasteiger charge is -2.13. The van der Waals surface area contributed by atoms with Gasteiger partial charge in [0, 0.05) is 11.3 Å². The molecule has 7 heteroatoms. The molecule has 0 saturated heterocycles. The highest BCUT2D eigenvalue weighted by Crippen LogP contribution is 2.28. The summed E-state index contributed by atoms with van der Waals surface area (Å²) in [5.41, 5.74) is 1.44. The topological polar surface area (TPSA) is 81.1 Å². The van der Waals surface area contributed by atoms with E-state index in [4.69, 9.17) is 0 Å². The molecule has 4 rings (SSSR count). The van der Waals surface area contributed by atoms with Crippen LogP contribution in [-0.2, 0) is 0 Å². The first-order chi connectivity index (χ1) is 14.5. The van der Waals surface area contributed by atoms with Gasteiger partial charge in [0.15, 0.2) is 5.78 Å². The Kier molecular flexibility index (Phi) is 5.29. The third kappa shape index (κ3) is 3.55. The molecule has 0 aliphatic rings. The average Bonchev–Trinajstić information content (AvgIpc) is 3.11. The highest BCUT2D eigenvalue weighted by atomic mass is 32.1. The second-order valence-electron chi connectivity index (χ2n) is 6.92. The van der Waals surface area contributed by atoms with Crippen molar-refractivity contribution < 1.29 is 9.59 Å². The van der Waals surface area contributed by atoms with Gasteiger partial charge in [0.25, 0.3) is 11.5 Å². The molecule has 0 aliphatic heterocycles. The Morgan fingerprint density at radius 3 is 2.33 bits per heavy atom. The lowest BCUT2D eigenvalue weighted by molar-refractivity contribution is 0.0932. The summed E-state index contributed by atoms with van der Waals surface area (Å²) in [4.78, 5) is 44.0. The van der Waals surface area contributed by atoms with Crippen LogP contribution in [0.25, 0.3) is 10.2 Å². The number of nitrogens with one attached hydrogen (secondary N) is 1. The first kappa shape index (κ1) is 19.7. The number of carbonyl (C=O) groups excluding carboxylic acids is 2. The predicted octanol–water partition coefficient (Wildman–Crippen LogP) is 4.46. The number of fused-ring (bicyclic) bond motifs is 1. The van der Waals surface area contributed by atoms with Crippen LogP contribution < -0.4 is 10.9 Å². The third-order valence-electron chi connectivity index (χ3n) is 4.97. The van der Waals surface area contributed by atoms with Crippen LogP contribution in [0.2, 0.25) is 0 Å². The summed E-state index contributed by atoms with van der Waals surface area (Å²) in [7, 11) is 0. The van der Waals surface area contributed by atoms with Crippen LogP contribution in [0.4, 0.5) is 5.69 Å². The number of para-hydroxylation sites is 1. The number of hydrogen-bond acceptors (Lipinski definition) is 5. The number of carbonyl (C=O) groups is 2. The molecule has 6 nitrogen and oxygen atoms in total. The maximum atomic E-state index is 13.2. The van der Waals surface area contributed by atoms with Crippen molar-refractivity contribution in [2.75, 3.05) is 5.32 Å². The Balaban J connectivity index is 1.71. The summed E-state index contributed by atoms with van der Waals surface area (Å²) < 4.78 is 1.33. The van der Waals surface area contributed by atoms with Gasteiger partial charge in [-0.15, -0.1) is 11.3 Å². The minimum atomic E-state index is -0.710. The highest BCUT2D eigenvalue weighted by molar-refractivity contribution is 7.20. The van der Waals surface area contributed by atoms with E-state index in [2.05, 4.69) is 10.3 Å². The van der Waals surface area contributed by atoms with Gasteiger partial charge in [0.1, 0.15) is 4.83 Å². The average molecular weight is 417 g/mol. The van der Waals surface area contributed by atoms with Crippen molar-refractivity contribution in [1.29, 1.82) is 0 Å². The van der Waals surface area contributed by atoms with Gasteiger partial charge in [-0.05, 0) is 31.5 Å². The molecular weight excluding hydrogens is 398 g/mol. The largest absolute Gasteiger partial charge is 0.321 e. The standard InChI is InChI=1S/C23H19N3O3S/c1-14-18-22(30-20(14)21(28)25-17-11-7-4-8-12-17)24-13-26(23(18)29)15(2)19(27)16-9-5-3-6-10-16/h3-13,15H,1-2H3,(H,25,28)/t15-/m0/s1. The Labute approximate surface area is 176 Å². The number of aromatic nitrogens is 2. The van der Waals surface area contributed by atoms with Gasteiger partial charge in [-0.3, -0.25) is 19.0 Å². The Bertz CT molecular complexity index is 1290. The molecule has 1 N–H and O–H groups in total. The second-order valence-corrected chi connectivity index (χ2v) is 7.92. The molecular formula is C23H19N3O3S. The Hall–Kier alpha value is -3.58. The van der Waals surface area contributed by atoms with E-state index in [1.807, 2.05) is 24.3 Å². The maximum absolute atomic E-state index is 13.2. The molecule has 1 amide bonds. The van der Waals surface area contributed by atoms with Crippen molar-refractivity contribution in [1.82, 2.24) is 9.55 Å². The first-order valence-corrected chi connectivity index (χ1v) is 10.2. The van der Waals surface area contributed by atoms with Crippen LogP contribution in [0, 0.1) is 6.92 Å². The lowest BCUT2D eigenvalue weighted by atomic mass is 10.1. The van der Waals surface area contributed by atoms with Gasteiger partial charge in [-0.2, -0.15) is 0 Å². The van der Waals surface area contributed by atoms with E-state index in [0.29, 0.717) is 31.9 Å². The minimum absolute atomic E-state index is 0.172. The minimum Gasteiger partial charge on any atom is -0.321 e. The highest BCUT2D eigenvalue weighted by Gasteiger charge is 2.23. The monoisotopic (exact) mass is 417 g/mol. The summed E-state index contributed by atoms with van der Waals surface area (Å²) >= 11 is 1.17. The van der Waals surface area contributed by atoms with Crippen LogP contribution in [0.15, 0.2) is 71.8 Å². The van der Waals surface area contributed by atoms with Crippen molar-refractivity contribution in [2.45, 2.75) is 19.9 Å². The molecule has 0 unspecified atom stereocenters. The fourth-order valence-corrected chi connectivity index (χ4v) is 4.34. The molecule has 30 heavy (non-hydrogen) atoms. The molecule has 0 fully saturated rings. The molecule has 0 saturated carbocycles. The van der Waals surface area contributed by atoms with E-state index in [0.717, 1.165) is 0 Å². The van der Waals surface area contributed by atoms with E-state index in [1.54, 1.807) is 50.2 Å². The molecule has 4 aromatic rings. The number of hydrogen-bond donors (Lipinski definition) is 1. The molecule has 1 atom stereocenters. The fourth-order valence-electron chi connectivity index (χ4n) is 3.31. The zero-order valence-corrected chi connectivity index (χ0v) is 17.3. The summed E-state index contributed by atoms with van der Waals surface area (Å²) in [6, 6.07) is 17.2. The van der Waals surface area contributed by atoms with E-state index in [-0.39, 0.29) is 17.2 Å². The number of nitrogens with zero attached hydrogens (tertiary/aromatic N) is 2. The summed E-state index contributed by atoms with van der Waals surface area (Å²) in [6.07, 6.45) is 1.38. The fraction of sp³-hybridized carbons (Fsp3) is 0.130. The van der Waals surface area contributed by atoms with Crippen molar-refractivity contribution in [3.05, 3.63) is 93.3 Å². The molecule has 2 aromatic heterocycles. The molecule has 0 spiro atoms. The first-order valence-electron chi connectivity index (χ1n) is 9.43. The maximum Gasteiger partial charge on any atom is 0.266 e. The molecule has 0 bridgehead atoms. The van der Waals surface area contributed by atoms with E-state index in [9.17, 15) is 14.4 Å². The van der Waals surface area contributed by atoms with Crippen LogP contribution in [-0.4, -0.2) is 21.2 Å². The zero-order chi connectivity index (χ0) is 21.3. The van der Waals surface area contributed by atoms with Crippen LogP contribution in [0.1, 0.15) is 38.6 Å². The number of amides is 1. The van der Waals surface area contributed by atoms with E-state index < -0.39 is 6.04 Å². The molecule has 2 heterocycles.